The average molecular weight is 285 g/mol. The highest BCUT2D eigenvalue weighted by molar-refractivity contribution is 5.78. The third-order valence-electron chi connectivity index (χ3n) is 3.24. The topological polar surface area (TPSA) is 51.0 Å². The zero-order valence-electron chi connectivity index (χ0n) is 11.7. The van der Waals surface area contributed by atoms with Gasteiger partial charge in [0.15, 0.2) is 17.2 Å². The van der Waals surface area contributed by atoms with Gasteiger partial charge < -0.3 is 9.73 Å². The van der Waals surface area contributed by atoms with Crippen LogP contribution in [0, 0.1) is 5.82 Å². The van der Waals surface area contributed by atoms with Crippen LogP contribution >= 0.6 is 0 Å². The van der Waals surface area contributed by atoms with E-state index < -0.39 is 0 Å². The second kappa shape index (κ2) is 6.01. The van der Waals surface area contributed by atoms with Crippen molar-refractivity contribution in [3.05, 3.63) is 60.1 Å². The summed E-state index contributed by atoms with van der Waals surface area (Å²) in [6, 6.07) is 8.21. The highest BCUT2D eigenvalue weighted by Gasteiger charge is 2.21. The van der Waals surface area contributed by atoms with E-state index in [4.69, 9.17) is 4.42 Å². The largest absolute Gasteiger partial charge is 0.456 e. The van der Waals surface area contributed by atoms with E-state index in [9.17, 15) is 4.39 Å². The fourth-order valence-electron chi connectivity index (χ4n) is 2.26. The Balaban J connectivity index is 2.03. The lowest BCUT2D eigenvalue weighted by Crippen LogP contribution is -2.24. The summed E-state index contributed by atoms with van der Waals surface area (Å²) in [4.78, 5) is 8.55. The van der Waals surface area contributed by atoms with Crippen LogP contribution in [-0.4, -0.2) is 16.5 Å². The van der Waals surface area contributed by atoms with E-state index in [1.165, 1.54) is 6.07 Å². The lowest BCUT2D eigenvalue weighted by molar-refractivity contribution is 0.447. The molecule has 0 saturated heterocycles. The molecule has 0 saturated carbocycles. The zero-order valence-corrected chi connectivity index (χ0v) is 11.7. The molecule has 0 bridgehead atoms. The first-order valence-corrected chi connectivity index (χ1v) is 6.98. The van der Waals surface area contributed by atoms with E-state index in [2.05, 4.69) is 22.2 Å². The van der Waals surface area contributed by atoms with Gasteiger partial charge in [-0.2, -0.15) is 0 Å². The van der Waals surface area contributed by atoms with Crippen molar-refractivity contribution in [2.45, 2.75) is 19.4 Å². The first-order chi connectivity index (χ1) is 10.3. The number of nitrogens with zero attached hydrogens (tertiary/aromatic N) is 2. The standard InChI is InChI=1S/C16H16FN3O/c1-2-7-18-14(16-19-8-4-9-20-16)13-10-11-5-3-6-12(17)15(11)21-13/h3-6,8-10,14,18H,2,7H2,1H3. The van der Waals surface area contributed by atoms with Crippen molar-refractivity contribution in [2.75, 3.05) is 6.54 Å². The molecule has 1 N–H and O–H groups in total. The maximum Gasteiger partial charge on any atom is 0.169 e. The molecule has 5 heteroatoms. The molecule has 1 aromatic carbocycles. The van der Waals surface area contributed by atoms with E-state index in [1.807, 2.05) is 12.1 Å². The van der Waals surface area contributed by atoms with Crippen LogP contribution in [0.15, 0.2) is 47.1 Å². The van der Waals surface area contributed by atoms with Crippen molar-refractivity contribution in [3.63, 3.8) is 0 Å². The van der Waals surface area contributed by atoms with Crippen molar-refractivity contribution in [1.82, 2.24) is 15.3 Å². The monoisotopic (exact) mass is 285 g/mol. The predicted octanol–water partition coefficient (Wildman–Crippen LogP) is 3.45. The number of aromatic nitrogens is 2. The molecule has 0 aliphatic carbocycles. The minimum Gasteiger partial charge on any atom is -0.456 e. The summed E-state index contributed by atoms with van der Waals surface area (Å²) in [5.74, 6) is 0.877. The van der Waals surface area contributed by atoms with E-state index in [0.29, 0.717) is 11.6 Å². The van der Waals surface area contributed by atoms with Crippen LogP contribution in [0.2, 0.25) is 0 Å². The number of benzene rings is 1. The number of rotatable bonds is 5. The third kappa shape index (κ3) is 2.78. The first kappa shape index (κ1) is 13.7. The number of halogens is 1. The Morgan fingerprint density at radius 1 is 1.24 bits per heavy atom. The summed E-state index contributed by atoms with van der Waals surface area (Å²) in [5, 5.41) is 4.08. The SMILES string of the molecule is CCCNC(c1ncccn1)c1cc2cccc(F)c2o1. The third-order valence-corrected chi connectivity index (χ3v) is 3.24. The highest BCUT2D eigenvalue weighted by atomic mass is 19.1. The molecule has 0 aliphatic rings. The van der Waals surface area contributed by atoms with Crippen molar-refractivity contribution >= 4 is 11.0 Å². The second-order valence-corrected chi connectivity index (χ2v) is 4.80. The summed E-state index contributed by atoms with van der Waals surface area (Å²) in [6.07, 6.45) is 4.34. The van der Waals surface area contributed by atoms with E-state index in [1.54, 1.807) is 24.5 Å². The molecule has 1 unspecified atom stereocenters. The predicted molar refractivity (Wildman–Crippen MR) is 78.3 cm³/mol. The Morgan fingerprint density at radius 3 is 2.76 bits per heavy atom. The van der Waals surface area contributed by atoms with Crippen LogP contribution < -0.4 is 5.32 Å². The molecule has 0 spiro atoms. The van der Waals surface area contributed by atoms with Gasteiger partial charge in [0.2, 0.25) is 0 Å². The molecule has 0 aliphatic heterocycles. The molecule has 21 heavy (non-hydrogen) atoms. The maximum atomic E-state index is 13.8. The summed E-state index contributed by atoms with van der Waals surface area (Å²) in [7, 11) is 0. The Labute approximate surface area is 122 Å². The van der Waals surface area contributed by atoms with Crippen LogP contribution in [0.5, 0.6) is 0 Å². The fourth-order valence-corrected chi connectivity index (χ4v) is 2.26. The van der Waals surface area contributed by atoms with Crippen molar-refractivity contribution < 1.29 is 8.81 Å². The van der Waals surface area contributed by atoms with E-state index in [-0.39, 0.29) is 17.4 Å². The van der Waals surface area contributed by atoms with Crippen LogP contribution in [0.1, 0.15) is 31.0 Å². The van der Waals surface area contributed by atoms with Gasteiger partial charge in [0.25, 0.3) is 0 Å². The molecule has 2 aromatic heterocycles. The first-order valence-electron chi connectivity index (χ1n) is 6.98. The van der Waals surface area contributed by atoms with Gasteiger partial charge in [-0.3, -0.25) is 0 Å². The molecule has 0 fully saturated rings. The van der Waals surface area contributed by atoms with Crippen molar-refractivity contribution in [1.29, 1.82) is 0 Å². The summed E-state index contributed by atoms with van der Waals surface area (Å²) < 4.78 is 19.5. The van der Waals surface area contributed by atoms with Crippen LogP contribution in [0.4, 0.5) is 4.39 Å². The molecular formula is C16H16FN3O. The minimum atomic E-state index is -0.359. The van der Waals surface area contributed by atoms with Gasteiger partial charge in [0.05, 0.1) is 0 Å². The number of hydrogen-bond acceptors (Lipinski definition) is 4. The lowest BCUT2D eigenvalue weighted by Gasteiger charge is -2.14. The second-order valence-electron chi connectivity index (χ2n) is 4.80. The molecular weight excluding hydrogens is 269 g/mol. The lowest BCUT2D eigenvalue weighted by atomic mass is 10.1. The van der Waals surface area contributed by atoms with E-state index >= 15 is 0 Å². The van der Waals surface area contributed by atoms with Gasteiger partial charge in [-0.25, -0.2) is 14.4 Å². The minimum absolute atomic E-state index is 0.270. The molecule has 3 rings (SSSR count). The molecule has 3 aromatic rings. The van der Waals surface area contributed by atoms with Crippen LogP contribution in [0.3, 0.4) is 0 Å². The van der Waals surface area contributed by atoms with E-state index in [0.717, 1.165) is 18.4 Å². The van der Waals surface area contributed by atoms with Gasteiger partial charge in [-0.1, -0.05) is 19.1 Å². The Bertz CT molecular complexity index is 727. The Kier molecular flexibility index (Phi) is 3.92. The quantitative estimate of drug-likeness (QED) is 0.780. The maximum absolute atomic E-state index is 13.8. The van der Waals surface area contributed by atoms with Crippen LogP contribution in [0.25, 0.3) is 11.0 Å². The molecule has 2 heterocycles. The number of fused-ring (bicyclic) bond motifs is 1. The molecule has 4 nitrogen and oxygen atoms in total. The molecule has 1 atom stereocenters. The van der Waals surface area contributed by atoms with Crippen molar-refractivity contribution in [2.24, 2.45) is 0 Å². The van der Waals surface area contributed by atoms with Gasteiger partial charge in [-0.05, 0) is 31.2 Å². The molecule has 0 radical (unpaired) electrons. The number of para-hydroxylation sites is 1. The average Bonchev–Trinajstić information content (AvgIpc) is 2.94. The van der Waals surface area contributed by atoms with Crippen LogP contribution in [-0.2, 0) is 0 Å². The summed E-state index contributed by atoms with van der Waals surface area (Å²) in [5.41, 5.74) is 0.270. The Hall–Kier alpha value is -2.27. The van der Waals surface area contributed by atoms with Gasteiger partial charge in [0, 0.05) is 17.8 Å². The van der Waals surface area contributed by atoms with Gasteiger partial charge in [0.1, 0.15) is 11.8 Å². The number of furan rings is 1. The molecule has 0 amide bonds. The fraction of sp³-hybridized carbons (Fsp3) is 0.250. The van der Waals surface area contributed by atoms with Gasteiger partial charge >= 0.3 is 0 Å². The smallest absolute Gasteiger partial charge is 0.169 e. The number of nitrogens with one attached hydrogen (secondary N) is 1. The van der Waals surface area contributed by atoms with Gasteiger partial charge in [-0.15, -0.1) is 0 Å². The highest BCUT2D eigenvalue weighted by Crippen LogP contribution is 2.28. The Morgan fingerprint density at radius 2 is 2.05 bits per heavy atom. The van der Waals surface area contributed by atoms with Crippen molar-refractivity contribution in [3.8, 4) is 0 Å². The summed E-state index contributed by atoms with van der Waals surface area (Å²) >= 11 is 0. The normalized spacial score (nSPS) is 12.7. The molecule has 108 valence electrons. The number of hydrogen-bond donors (Lipinski definition) is 1. The summed E-state index contributed by atoms with van der Waals surface area (Å²) in [6.45, 7) is 2.87. The zero-order chi connectivity index (χ0) is 14.7.